The Balaban J connectivity index is 1.75. The number of carbonyl (C=O) groups is 2. The lowest BCUT2D eigenvalue weighted by atomic mass is 10.1. The Bertz CT molecular complexity index is 810. The number of carbonyl (C=O) groups excluding carboxylic acids is 2. The van der Waals surface area contributed by atoms with E-state index in [4.69, 9.17) is 34.8 Å². The summed E-state index contributed by atoms with van der Waals surface area (Å²) in [5.41, 5.74) is 1.04. The molecule has 1 saturated heterocycles. The summed E-state index contributed by atoms with van der Waals surface area (Å²) in [6, 6.07) is 12.1. The van der Waals surface area contributed by atoms with E-state index < -0.39 is 5.92 Å². The van der Waals surface area contributed by atoms with Crippen molar-refractivity contribution < 1.29 is 9.59 Å². The number of amides is 2. The van der Waals surface area contributed by atoms with E-state index in [-0.39, 0.29) is 29.8 Å². The smallest absolute Gasteiger partial charge is 0.229 e. The fourth-order valence-electron chi connectivity index (χ4n) is 2.62. The van der Waals surface area contributed by atoms with Crippen molar-refractivity contribution in [3.8, 4) is 0 Å². The van der Waals surface area contributed by atoms with Crippen LogP contribution in [-0.4, -0.2) is 18.4 Å². The largest absolute Gasteiger partial charge is 0.324 e. The second-order valence-electron chi connectivity index (χ2n) is 5.45. The van der Waals surface area contributed by atoms with Crippen molar-refractivity contribution in [2.24, 2.45) is 5.92 Å². The third kappa shape index (κ3) is 3.36. The number of halogens is 3. The molecule has 1 fully saturated rings. The summed E-state index contributed by atoms with van der Waals surface area (Å²) in [6.07, 6.45) is 0.120. The molecule has 1 aliphatic rings. The standard InChI is InChI=1S/C17H13Cl3N2O2/c18-11-4-1-2-7-14(11)22-9-10(8-15(22)23)17(24)21-13-6-3-5-12(19)16(13)20/h1-7,10H,8-9H2,(H,21,24)/t10-/m1/s1. The van der Waals surface area contributed by atoms with Gasteiger partial charge in [0.1, 0.15) is 0 Å². The fraction of sp³-hybridized carbons (Fsp3) is 0.176. The van der Waals surface area contributed by atoms with Gasteiger partial charge in [0.15, 0.2) is 0 Å². The number of hydrogen-bond donors (Lipinski definition) is 1. The lowest BCUT2D eigenvalue weighted by Gasteiger charge is -2.18. The summed E-state index contributed by atoms with van der Waals surface area (Å²) in [6.45, 7) is 0.270. The summed E-state index contributed by atoms with van der Waals surface area (Å²) >= 11 is 18.2. The molecule has 0 aromatic heterocycles. The van der Waals surface area contributed by atoms with Crippen molar-refractivity contribution in [1.29, 1.82) is 0 Å². The normalized spacial score (nSPS) is 17.2. The number of nitrogens with zero attached hydrogens (tertiary/aromatic N) is 1. The lowest BCUT2D eigenvalue weighted by molar-refractivity contribution is -0.122. The summed E-state index contributed by atoms with van der Waals surface area (Å²) in [5.74, 6) is -0.897. The second kappa shape index (κ2) is 7.01. The molecule has 1 heterocycles. The molecule has 2 aromatic carbocycles. The quantitative estimate of drug-likeness (QED) is 0.839. The van der Waals surface area contributed by atoms with E-state index >= 15 is 0 Å². The Kier molecular flexibility index (Phi) is 4.99. The Hall–Kier alpha value is -1.75. The van der Waals surface area contributed by atoms with Crippen LogP contribution in [0.4, 0.5) is 11.4 Å². The van der Waals surface area contributed by atoms with Crippen LogP contribution in [0.1, 0.15) is 6.42 Å². The third-order valence-corrected chi connectivity index (χ3v) is 4.99. The number of para-hydroxylation sites is 1. The van der Waals surface area contributed by atoms with Gasteiger partial charge in [0.05, 0.1) is 32.4 Å². The Morgan fingerprint density at radius 3 is 2.50 bits per heavy atom. The molecule has 7 heteroatoms. The molecule has 0 unspecified atom stereocenters. The number of hydrogen-bond acceptors (Lipinski definition) is 2. The van der Waals surface area contributed by atoms with E-state index in [1.807, 2.05) is 0 Å². The topological polar surface area (TPSA) is 49.4 Å². The van der Waals surface area contributed by atoms with E-state index in [1.165, 1.54) is 4.90 Å². The summed E-state index contributed by atoms with van der Waals surface area (Å²) in [4.78, 5) is 26.3. The van der Waals surface area contributed by atoms with E-state index in [2.05, 4.69) is 5.32 Å². The van der Waals surface area contributed by atoms with E-state index in [0.717, 1.165) is 0 Å². The van der Waals surface area contributed by atoms with Crippen molar-refractivity contribution >= 4 is 58.0 Å². The van der Waals surface area contributed by atoms with Gasteiger partial charge in [-0.05, 0) is 24.3 Å². The maximum atomic E-state index is 12.5. The van der Waals surface area contributed by atoms with Gasteiger partial charge in [-0.3, -0.25) is 9.59 Å². The van der Waals surface area contributed by atoms with Gasteiger partial charge in [0, 0.05) is 13.0 Å². The molecule has 24 heavy (non-hydrogen) atoms. The first-order chi connectivity index (χ1) is 11.5. The number of benzene rings is 2. The molecule has 1 aliphatic heterocycles. The van der Waals surface area contributed by atoms with Gasteiger partial charge in [-0.1, -0.05) is 53.0 Å². The molecule has 0 saturated carbocycles. The predicted octanol–water partition coefficient (Wildman–Crippen LogP) is 4.64. The molecule has 1 atom stereocenters. The van der Waals surface area contributed by atoms with Crippen LogP contribution in [-0.2, 0) is 9.59 Å². The van der Waals surface area contributed by atoms with Crippen LogP contribution in [0.15, 0.2) is 42.5 Å². The second-order valence-corrected chi connectivity index (χ2v) is 6.64. The van der Waals surface area contributed by atoms with Crippen LogP contribution < -0.4 is 10.2 Å². The first-order valence-corrected chi connectivity index (χ1v) is 8.40. The number of rotatable bonds is 3. The van der Waals surface area contributed by atoms with Gasteiger partial charge in [0.25, 0.3) is 0 Å². The highest BCUT2D eigenvalue weighted by atomic mass is 35.5. The van der Waals surface area contributed by atoms with Crippen molar-refractivity contribution in [2.45, 2.75) is 6.42 Å². The average molecular weight is 384 g/mol. The highest BCUT2D eigenvalue weighted by Gasteiger charge is 2.36. The molecular formula is C17H13Cl3N2O2. The van der Waals surface area contributed by atoms with E-state index in [1.54, 1.807) is 42.5 Å². The Labute approximate surface area is 154 Å². The number of nitrogens with one attached hydrogen (secondary N) is 1. The molecule has 0 spiro atoms. The predicted molar refractivity (Wildman–Crippen MR) is 97.0 cm³/mol. The zero-order valence-electron chi connectivity index (χ0n) is 12.4. The molecule has 3 rings (SSSR count). The van der Waals surface area contributed by atoms with Gasteiger partial charge in [-0.15, -0.1) is 0 Å². The lowest BCUT2D eigenvalue weighted by Crippen LogP contribution is -2.28. The van der Waals surface area contributed by atoms with Crippen LogP contribution in [0.5, 0.6) is 0 Å². The van der Waals surface area contributed by atoms with Gasteiger partial charge in [0.2, 0.25) is 11.8 Å². The molecule has 0 radical (unpaired) electrons. The van der Waals surface area contributed by atoms with Gasteiger partial charge < -0.3 is 10.2 Å². The van der Waals surface area contributed by atoms with Gasteiger partial charge >= 0.3 is 0 Å². The van der Waals surface area contributed by atoms with Crippen molar-refractivity contribution in [3.05, 3.63) is 57.5 Å². The van der Waals surface area contributed by atoms with Crippen LogP contribution in [0, 0.1) is 5.92 Å². The zero-order valence-corrected chi connectivity index (χ0v) is 14.7. The van der Waals surface area contributed by atoms with Crippen LogP contribution in [0.3, 0.4) is 0 Å². The molecule has 124 valence electrons. The number of anilines is 2. The Morgan fingerprint density at radius 1 is 1.04 bits per heavy atom. The summed E-state index contributed by atoms with van der Waals surface area (Å²) < 4.78 is 0. The van der Waals surface area contributed by atoms with Gasteiger partial charge in [-0.2, -0.15) is 0 Å². The minimum absolute atomic E-state index is 0.120. The van der Waals surface area contributed by atoms with Crippen LogP contribution >= 0.6 is 34.8 Å². The highest BCUT2D eigenvalue weighted by Crippen LogP contribution is 2.33. The minimum atomic E-state index is -0.483. The summed E-state index contributed by atoms with van der Waals surface area (Å²) in [7, 11) is 0. The molecule has 2 aromatic rings. The SMILES string of the molecule is O=C(Nc1cccc(Cl)c1Cl)[C@@H]1CC(=O)N(c2ccccc2Cl)C1. The monoisotopic (exact) mass is 382 g/mol. The first-order valence-electron chi connectivity index (χ1n) is 7.27. The van der Waals surface area contributed by atoms with Crippen molar-refractivity contribution in [3.63, 3.8) is 0 Å². The molecule has 2 amide bonds. The third-order valence-electron chi connectivity index (χ3n) is 3.85. The first kappa shape index (κ1) is 17.1. The molecule has 0 aliphatic carbocycles. The Morgan fingerprint density at radius 2 is 1.75 bits per heavy atom. The van der Waals surface area contributed by atoms with Crippen LogP contribution in [0.25, 0.3) is 0 Å². The molecule has 0 bridgehead atoms. The summed E-state index contributed by atoms with van der Waals surface area (Å²) in [5, 5.41) is 3.84. The van der Waals surface area contributed by atoms with Crippen LogP contribution in [0.2, 0.25) is 15.1 Å². The maximum absolute atomic E-state index is 12.5. The van der Waals surface area contributed by atoms with Gasteiger partial charge in [-0.25, -0.2) is 0 Å². The molecular weight excluding hydrogens is 371 g/mol. The minimum Gasteiger partial charge on any atom is -0.324 e. The fourth-order valence-corrected chi connectivity index (χ4v) is 3.21. The maximum Gasteiger partial charge on any atom is 0.229 e. The molecule has 4 nitrogen and oxygen atoms in total. The van der Waals surface area contributed by atoms with Crippen molar-refractivity contribution in [2.75, 3.05) is 16.8 Å². The molecule has 1 N–H and O–H groups in total. The zero-order chi connectivity index (χ0) is 17.3. The average Bonchev–Trinajstić information content (AvgIpc) is 2.94. The highest BCUT2D eigenvalue weighted by molar-refractivity contribution is 6.44. The van der Waals surface area contributed by atoms with E-state index in [0.29, 0.717) is 21.4 Å². The van der Waals surface area contributed by atoms with Crippen molar-refractivity contribution in [1.82, 2.24) is 0 Å². The van der Waals surface area contributed by atoms with E-state index in [9.17, 15) is 9.59 Å².